The molecule has 0 saturated carbocycles. The van der Waals surface area contributed by atoms with E-state index in [4.69, 9.17) is 22.1 Å². The average Bonchev–Trinajstić information content (AvgIpc) is 3.10. The molecule has 0 aliphatic carbocycles. The van der Waals surface area contributed by atoms with Crippen LogP contribution in [-0.4, -0.2) is 40.3 Å². The molecule has 4 heterocycles. The van der Waals surface area contributed by atoms with Crippen molar-refractivity contribution in [3.05, 3.63) is 41.1 Å². The Morgan fingerprint density at radius 2 is 2.15 bits per heavy atom. The molecule has 7 nitrogen and oxygen atoms in total. The van der Waals surface area contributed by atoms with Gasteiger partial charge in [-0.15, -0.1) is 0 Å². The molecule has 5 rings (SSSR count). The highest BCUT2D eigenvalue weighted by Crippen LogP contribution is 2.40. The largest absolute Gasteiger partial charge is 0.399 e. The van der Waals surface area contributed by atoms with Crippen LogP contribution in [0.15, 0.2) is 35.5 Å². The monoisotopic (exact) mass is 368 g/mol. The van der Waals surface area contributed by atoms with Crippen LogP contribution in [0.25, 0.3) is 22.5 Å². The van der Waals surface area contributed by atoms with Crippen molar-refractivity contribution in [2.24, 2.45) is 4.99 Å². The smallest absolute Gasteiger partial charge is 0.247 e. The van der Waals surface area contributed by atoms with Crippen LogP contribution in [0.4, 0.5) is 11.5 Å². The quantitative estimate of drug-likeness (QED) is 0.675. The van der Waals surface area contributed by atoms with Gasteiger partial charge in [-0.3, -0.25) is 0 Å². The number of rotatable bonds is 2. The third-order valence-corrected chi connectivity index (χ3v) is 5.02. The number of ether oxygens (including phenoxy) is 1. The molecule has 1 aromatic carbocycles. The molecule has 1 saturated heterocycles. The maximum atomic E-state index is 6.44. The summed E-state index contributed by atoms with van der Waals surface area (Å²) in [7, 11) is 0. The number of hydrogen-bond donors (Lipinski definition) is 2. The van der Waals surface area contributed by atoms with Gasteiger partial charge in [0.2, 0.25) is 5.62 Å². The molecule has 4 aliphatic rings. The van der Waals surface area contributed by atoms with Gasteiger partial charge in [0.25, 0.3) is 0 Å². The Morgan fingerprint density at radius 1 is 1.27 bits per heavy atom. The minimum absolute atomic E-state index is 0.161. The molecule has 0 atom stereocenters. The van der Waals surface area contributed by atoms with Gasteiger partial charge in [-0.1, -0.05) is 11.6 Å². The van der Waals surface area contributed by atoms with E-state index in [2.05, 4.69) is 30.9 Å². The Kier molecular flexibility index (Phi) is 3.58. The van der Waals surface area contributed by atoms with E-state index >= 15 is 0 Å². The lowest BCUT2D eigenvalue weighted by molar-refractivity contribution is 0.0112. The predicted octanol–water partition coefficient (Wildman–Crippen LogP) is 2.01. The highest BCUT2D eigenvalue weighted by molar-refractivity contribution is 6.33. The third-order valence-electron chi connectivity index (χ3n) is 4.69. The summed E-state index contributed by atoms with van der Waals surface area (Å²) < 4.78 is 7.32. The number of hydrogen-bond acceptors (Lipinski definition) is 6. The molecule has 0 unspecified atom stereocenters. The van der Waals surface area contributed by atoms with Gasteiger partial charge in [0.15, 0.2) is 0 Å². The zero-order valence-corrected chi connectivity index (χ0v) is 14.7. The van der Waals surface area contributed by atoms with E-state index in [9.17, 15) is 0 Å². The summed E-state index contributed by atoms with van der Waals surface area (Å²) in [5, 5.41) is 4.10. The summed E-state index contributed by atoms with van der Waals surface area (Å²) in [6, 6.07) is 7.73. The minimum Gasteiger partial charge on any atom is -0.399 e. The highest BCUT2D eigenvalue weighted by Gasteiger charge is 2.23. The van der Waals surface area contributed by atoms with E-state index in [1.165, 1.54) is 0 Å². The van der Waals surface area contributed by atoms with E-state index in [0.717, 1.165) is 41.4 Å². The summed E-state index contributed by atoms with van der Waals surface area (Å²) in [6.07, 6.45) is 1.82. The van der Waals surface area contributed by atoms with Crippen LogP contribution in [-0.2, 0) is 11.3 Å². The van der Waals surface area contributed by atoms with Gasteiger partial charge in [-0.2, -0.15) is 4.98 Å². The predicted molar refractivity (Wildman–Crippen MR) is 100 cm³/mol. The number of nitrogens with one attached hydrogen (secondary N) is 1. The molecule has 26 heavy (non-hydrogen) atoms. The standard InChI is InChI=1S/C18H17ClN6O/c19-15-2-1-11(20)6-13(15)14-5-10-7-22-18(23-12-8-26-9-12)24-16(10)25-4-3-21-17(14)25/h1-2,5-7,12,21H,3-4,8-9,20H2. The maximum Gasteiger partial charge on any atom is 0.247 e. The molecular formula is C18H17ClN6O. The molecule has 0 spiro atoms. The number of nitrogens with two attached hydrogens (primary N) is 1. The molecule has 8 heteroatoms. The Morgan fingerprint density at radius 3 is 2.96 bits per heavy atom. The second kappa shape index (κ2) is 5.96. The van der Waals surface area contributed by atoms with E-state index in [1.807, 2.05) is 18.3 Å². The van der Waals surface area contributed by atoms with Gasteiger partial charge < -0.3 is 20.4 Å². The molecular weight excluding hydrogens is 352 g/mol. The minimum atomic E-state index is 0.161. The SMILES string of the molecule is Nc1ccc(Cl)c(-c2cc3cnc(=NC4COC4)nc-3n3c2NCC3)c1. The number of aromatic nitrogens is 3. The first-order chi connectivity index (χ1) is 12.7. The van der Waals surface area contributed by atoms with Crippen molar-refractivity contribution in [2.45, 2.75) is 12.6 Å². The van der Waals surface area contributed by atoms with Crippen LogP contribution < -0.4 is 16.7 Å². The second-order valence-electron chi connectivity index (χ2n) is 6.49. The number of pyridine rings is 1. The zero-order valence-electron chi connectivity index (χ0n) is 13.9. The number of halogens is 1. The van der Waals surface area contributed by atoms with Crippen molar-refractivity contribution in [2.75, 3.05) is 30.8 Å². The van der Waals surface area contributed by atoms with Crippen molar-refractivity contribution in [3.63, 3.8) is 0 Å². The van der Waals surface area contributed by atoms with E-state index in [1.54, 1.807) is 6.07 Å². The lowest BCUT2D eigenvalue weighted by Crippen LogP contribution is -2.34. The van der Waals surface area contributed by atoms with Crippen LogP contribution in [0.5, 0.6) is 0 Å². The van der Waals surface area contributed by atoms with Crippen LogP contribution in [0.1, 0.15) is 0 Å². The lowest BCUT2D eigenvalue weighted by atomic mass is 10.0. The number of nitrogen functional groups attached to an aromatic ring is 1. The van der Waals surface area contributed by atoms with Crippen molar-refractivity contribution < 1.29 is 4.74 Å². The maximum absolute atomic E-state index is 6.44. The van der Waals surface area contributed by atoms with Crippen molar-refractivity contribution in [1.29, 1.82) is 0 Å². The number of fused-ring (bicyclic) bond motifs is 3. The summed E-state index contributed by atoms with van der Waals surface area (Å²) in [6.45, 7) is 2.93. The number of nitrogens with zero attached hydrogens (tertiary/aromatic N) is 4. The molecule has 3 N–H and O–H groups in total. The Balaban J connectivity index is 1.72. The summed E-state index contributed by atoms with van der Waals surface area (Å²) in [4.78, 5) is 13.6. The molecule has 0 radical (unpaired) electrons. The van der Waals surface area contributed by atoms with Crippen molar-refractivity contribution in [3.8, 4) is 22.5 Å². The lowest BCUT2D eigenvalue weighted by Gasteiger charge is -2.21. The highest BCUT2D eigenvalue weighted by atomic mass is 35.5. The molecule has 1 fully saturated rings. The van der Waals surface area contributed by atoms with E-state index in [0.29, 0.717) is 29.5 Å². The summed E-state index contributed by atoms with van der Waals surface area (Å²) in [5.74, 6) is 1.85. The van der Waals surface area contributed by atoms with Crippen molar-refractivity contribution in [1.82, 2.24) is 14.5 Å². The first kappa shape index (κ1) is 15.6. The van der Waals surface area contributed by atoms with Gasteiger partial charge in [0, 0.05) is 46.7 Å². The molecule has 0 amide bonds. The van der Waals surface area contributed by atoms with Crippen LogP contribution in [0.3, 0.4) is 0 Å². The van der Waals surface area contributed by atoms with E-state index < -0.39 is 0 Å². The summed E-state index contributed by atoms with van der Waals surface area (Å²) >= 11 is 6.44. The normalized spacial score (nSPS) is 17.2. The first-order valence-electron chi connectivity index (χ1n) is 8.50. The molecule has 4 aliphatic heterocycles. The van der Waals surface area contributed by atoms with Gasteiger partial charge in [0.05, 0.1) is 13.2 Å². The van der Waals surface area contributed by atoms with Gasteiger partial charge in [0.1, 0.15) is 17.7 Å². The Labute approximate surface area is 154 Å². The topological polar surface area (TPSA) is 90.3 Å². The fourth-order valence-corrected chi connectivity index (χ4v) is 3.56. The van der Waals surface area contributed by atoms with Crippen LogP contribution in [0, 0.1) is 0 Å². The van der Waals surface area contributed by atoms with Crippen LogP contribution in [0.2, 0.25) is 5.02 Å². The number of benzene rings is 1. The van der Waals surface area contributed by atoms with Gasteiger partial charge in [-0.25, -0.2) is 9.98 Å². The van der Waals surface area contributed by atoms with Gasteiger partial charge in [-0.05, 0) is 24.3 Å². The Hall–Kier alpha value is -2.64. The van der Waals surface area contributed by atoms with E-state index in [-0.39, 0.29) is 6.04 Å². The molecule has 0 aromatic heterocycles. The first-order valence-corrected chi connectivity index (χ1v) is 8.88. The summed E-state index contributed by atoms with van der Waals surface area (Å²) in [5.41, 5.74) is 9.98. The zero-order chi connectivity index (χ0) is 17.7. The third kappa shape index (κ3) is 2.51. The molecule has 1 aromatic rings. The van der Waals surface area contributed by atoms with Crippen LogP contribution >= 0.6 is 11.6 Å². The Bertz CT molecular complexity index is 1040. The fraction of sp³-hybridized carbons (Fsp3) is 0.278. The molecule has 132 valence electrons. The second-order valence-corrected chi connectivity index (χ2v) is 6.90. The number of anilines is 2. The fourth-order valence-electron chi connectivity index (χ4n) is 3.34. The molecule has 0 bridgehead atoms. The van der Waals surface area contributed by atoms with Gasteiger partial charge >= 0.3 is 0 Å². The van der Waals surface area contributed by atoms with Crippen molar-refractivity contribution >= 4 is 23.1 Å². The average molecular weight is 369 g/mol.